The molecule has 0 unspecified atom stereocenters. The molecule has 0 radical (unpaired) electrons. The molecular weight excluding hydrogens is 157 g/mol. The van der Waals surface area contributed by atoms with E-state index in [2.05, 4.69) is 4.90 Å². The van der Waals surface area contributed by atoms with Crippen LogP contribution in [0, 0.1) is 0 Å². The fraction of sp³-hybridized carbons (Fsp3) is 1.00. The summed E-state index contributed by atoms with van der Waals surface area (Å²) >= 11 is 0. The van der Waals surface area contributed by atoms with Gasteiger partial charge in [-0.1, -0.05) is 0 Å². The summed E-state index contributed by atoms with van der Waals surface area (Å²) in [6.07, 6.45) is 2.79. The van der Waals surface area contributed by atoms with Gasteiger partial charge >= 0.3 is 0 Å². The second-order valence-corrected chi connectivity index (χ2v) is 3.47. The Kier molecular flexibility index (Phi) is 4.54. The van der Waals surface area contributed by atoms with Crippen molar-refractivity contribution in [3.8, 4) is 0 Å². The summed E-state index contributed by atoms with van der Waals surface area (Å²) in [5, 5.41) is 8.50. The van der Waals surface area contributed by atoms with Crippen molar-refractivity contribution in [2.45, 2.75) is 31.9 Å². The number of alkyl halides is 1. The van der Waals surface area contributed by atoms with Crippen LogP contribution in [0.3, 0.4) is 0 Å². The van der Waals surface area contributed by atoms with Gasteiger partial charge in [-0.15, -0.1) is 0 Å². The van der Waals surface area contributed by atoms with E-state index >= 15 is 0 Å². The van der Waals surface area contributed by atoms with Gasteiger partial charge in [-0.25, -0.2) is 4.39 Å². The van der Waals surface area contributed by atoms with E-state index < -0.39 is 6.17 Å². The first-order valence-electron chi connectivity index (χ1n) is 4.80. The molecule has 1 atom stereocenters. The van der Waals surface area contributed by atoms with E-state index in [0.29, 0.717) is 19.4 Å². The molecule has 1 heterocycles. The molecule has 0 amide bonds. The molecule has 1 aliphatic rings. The lowest BCUT2D eigenvalue weighted by atomic mass is 10.2. The third-order valence-corrected chi connectivity index (χ3v) is 2.33. The molecule has 0 aromatic heterocycles. The highest BCUT2D eigenvalue weighted by atomic mass is 19.1. The molecular formula is C9H18FNO. The predicted octanol–water partition coefficient (Wildman–Crippen LogP) is 1.19. The van der Waals surface area contributed by atoms with Crippen molar-refractivity contribution in [3.63, 3.8) is 0 Å². The van der Waals surface area contributed by atoms with Gasteiger partial charge in [0, 0.05) is 13.2 Å². The highest BCUT2D eigenvalue weighted by Crippen LogP contribution is 2.11. The number of halogens is 1. The van der Waals surface area contributed by atoms with E-state index in [0.717, 1.165) is 13.1 Å². The fourth-order valence-electron chi connectivity index (χ4n) is 1.65. The van der Waals surface area contributed by atoms with Crippen LogP contribution in [0.2, 0.25) is 0 Å². The third-order valence-electron chi connectivity index (χ3n) is 2.33. The molecule has 0 aliphatic carbocycles. The Balaban J connectivity index is 2.03. The van der Waals surface area contributed by atoms with Crippen LogP contribution >= 0.6 is 0 Å². The molecule has 0 saturated carbocycles. The number of rotatable bonds is 5. The Labute approximate surface area is 73.4 Å². The number of hydrogen-bond acceptors (Lipinski definition) is 2. The van der Waals surface area contributed by atoms with Crippen molar-refractivity contribution in [1.82, 2.24) is 4.90 Å². The Morgan fingerprint density at radius 2 is 2.00 bits per heavy atom. The molecule has 1 fully saturated rings. The van der Waals surface area contributed by atoms with Crippen LogP contribution in [-0.4, -0.2) is 42.4 Å². The van der Waals surface area contributed by atoms with Crippen molar-refractivity contribution in [2.75, 3.05) is 26.2 Å². The first-order chi connectivity index (χ1) is 5.83. The Bertz CT molecular complexity index is 115. The van der Waals surface area contributed by atoms with Crippen LogP contribution in [0.25, 0.3) is 0 Å². The van der Waals surface area contributed by atoms with Crippen molar-refractivity contribution >= 4 is 0 Å². The van der Waals surface area contributed by atoms with Crippen LogP contribution in [0.1, 0.15) is 25.7 Å². The zero-order chi connectivity index (χ0) is 8.81. The summed E-state index contributed by atoms with van der Waals surface area (Å²) in [5.74, 6) is 0. The molecule has 3 heteroatoms. The lowest BCUT2D eigenvalue weighted by Crippen LogP contribution is -2.27. The third kappa shape index (κ3) is 3.50. The molecule has 0 bridgehead atoms. The average molecular weight is 175 g/mol. The SMILES string of the molecule is OCCC[C@@H](F)CN1CCCC1. The maximum Gasteiger partial charge on any atom is 0.113 e. The Morgan fingerprint density at radius 3 is 2.58 bits per heavy atom. The fourth-order valence-corrected chi connectivity index (χ4v) is 1.65. The predicted molar refractivity (Wildman–Crippen MR) is 46.9 cm³/mol. The quantitative estimate of drug-likeness (QED) is 0.678. The van der Waals surface area contributed by atoms with Gasteiger partial charge in [0.2, 0.25) is 0 Å². The topological polar surface area (TPSA) is 23.5 Å². The molecule has 1 saturated heterocycles. The molecule has 12 heavy (non-hydrogen) atoms. The highest BCUT2D eigenvalue weighted by molar-refractivity contribution is 4.70. The zero-order valence-electron chi connectivity index (χ0n) is 7.51. The van der Waals surface area contributed by atoms with E-state index in [1.54, 1.807) is 0 Å². The minimum Gasteiger partial charge on any atom is -0.396 e. The second kappa shape index (κ2) is 5.49. The molecule has 1 aliphatic heterocycles. The van der Waals surface area contributed by atoms with Gasteiger partial charge in [-0.3, -0.25) is 0 Å². The van der Waals surface area contributed by atoms with Gasteiger partial charge in [0.05, 0.1) is 0 Å². The van der Waals surface area contributed by atoms with Gasteiger partial charge in [-0.2, -0.15) is 0 Å². The lowest BCUT2D eigenvalue weighted by Gasteiger charge is -2.17. The van der Waals surface area contributed by atoms with E-state index in [-0.39, 0.29) is 6.61 Å². The van der Waals surface area contributed by atoms with Crippen molar-refractivity contribution in [1.29, 1.82) is 0 Å². The summed E-state index contributed by atoms with van der Waals surface area (Å²) < 4.78 is 13.1. The van der Waals surface area contributed by atoms with Gasteiger partial charge in [0.25, 0.3) is 0 Å². The van der Waals surface area contributed by atoms with E-state index in [9.17, 15) is 4.39 Å². The van der Waals surface area contributed by atoms with E-state index in [1.807, 2.05) is 0 Å². The van der Waals surface area contributed by atoms with Crippen molar-refractivity contribution in [2.24, 2.45) is 0 Å². The van der Waals surface area contributed by atoms with Crippen LogP contribution in [0.5, 0.6) is 0 Å². The van der Waals surface area contributed by atoms with Crippen LogP contribution in [-0.2, 0) is 0 Å². The molecule has 0 aromatic rings. The van der Waals surface area contributed by atoms with E-state index in [1.165, 1.54) is 12.8 Å². The largest absolute Gasteiger partial charge is 0.396 e. The van der Waals surface area contributed by atoms with Crippen LogP contribution in [0.15, 0.2) is 0 Å². The summed E-state index contributed by atoms with van der Waals surface area (Å²) in [7, 11) is 0. The monoisotopic (exact) mass is 175 g/mol. The number of nitrogens with zero attached hydrogens (tertiary/aromatic N) is 1. The molecule has 72 valence electrons. The maximum atomic E-state index is 13.1. The van der Waals surface area contributed by atoms with Crippen molar-refractivity contribution < 1.29 is 9.50 Å². The maximum absolute atomic E-state index is 13.1. The Hall–Kier alpha value is -0.150. The van der Waals surface area contributed by atoms with Crippen LogP contribution in [0.4, 0.5) is 4.39 Å². The summed E-state index contributed by atoms with van der Waals surface area (Å²) in [4.78, 5) is 2.17. The number of likely N-dealkylation sites (tertiary alicyclic amines) is 1. The second-order valence-electron chi connectivity index (χ2n) is 3.47. The number of hydrogen-bond donors (Lipinski definition) is 1. The van der Waals surface area contributed by atoms with Crippen LogP contribution < -0.4 is 0 Å². The normalized spacial score (nSPS) is 21.5. The van der Waals surface area contributed by atoms with Gasteiger partial charge in [0.1, 0.15) is 6.17 Å². The first kappa shape index (κ1) is 9.93. The number of aliphatic hydroxyl groups is 1. The standard InChI is InChI=1S/C9H18FNO/c10-9(4-3-7-12)8-11-5-1-2-6-11/h9,12H,1-8H2/t9-/m1/s1. The summed E-state index contributed by atoms with van der Waals surface area (Å²) in [6.45, 7) is 2.79. The minimum absolute atomic E-state index is 0.112. The Morgan fingerprint density at radius 1 is 1.33 bits per heavy atom. The van der Waals surface area contributed by atoms with Crippen molar-refractivity contribution in [3.05, 3.63) is 0 Å². The molecule has 1 rings (SSSR count). The number of aliphatic hydroxyl groups excluding tert-OH is 1. The smallest absolute Gasteiger partial charge is 0.113 e. The van der Waals surface area contributed by atoms with Gasteiger partial charge in [-0.05, 0) is 38.8 Å². The van der Waals surface area contributed by atoms with Gasteiger partial charge < -0.3 is 10.0 Å². The lowest BCUT2D eigenvalue weighted by molar-refractivity contribution is 0.192. The summed E-state index contributed by atoms with van der Waals surface area (Å²) in [6, 6.07) is 0. The molecule has 2 nitrogen and oxygen atoms in total. The molecule has 0 aromatic carbocycles. The van der Waals surface area contributed by atoms with E-state index in [4.69, 9.17) is 5.11 Å². The highest BCUT2D eigenvalue weighted by Gasteiger charge is 2.16. The first-order valence-corrected chi connectivity index (χ1v) is 4.80. The van der Waals surface area contributed by atoms with Gasteiger partial charge in [0.15, 0.2) is 0 Å². The minimum atomic E-state index is -0.741. The molecule has 1 N–H and O–H groups in total. The molecule has 0 spiro atoms. The summed E-state index contributed by atoms with van der Waals surface area (Å²) in [5.41, 5.74) is 0. The average Bonchev–Trinajstić information content (AvgIpc) is 2.53. The zero-order valence-corrected chi connectivity index (χ0v) is 7.51.